The third kappa shape index (κ3) is 3.69. The molecule has 0 saturated heterocycles. The summed E-state index contributed by atoms with van der Waals surface area (Å²) in [5.74, 6) is 0.640. The second kappa shape index (κ2) is 6.54. The number of rotatable bonds is 5. The number of aryl methyl sites for hydroxylation is 2. The zero-order valence-corrected chi connectivity index (χ0v) is 14.2. The first-order chi connectivity index (χ1) is 11.4. The van der Waals surface area contributed by atoms with E-state index in [1.54, 1.807) is 24.3 Å². The molecule has 3 aromatic rings. The number of hydrogen-bond acceptors (Lipinski definition) is 5. The van der Waals surface area contributed by atoms with Crippen LogP contribution in [0.4, 0.5) is 0 Å². The fourth-order valence-corrected chi connectivity index (χ4v) is 3.08. The van der Waals surface area contributed by atoms with Crippen LogP contribution in [0.15, 0.2) is 57.9 Å². The van der Waals surface area contributed by atoms with Crippen molar-refractivity contribution in [2.24, 2.45) is 0 Å². The van der Waals surface area contributed by atoms with E-state index >= 15 is 0 Å². The van der Waals surface area contributed by atoms with Crippen LogP contribution >= 0.6 is 0 Å². The van der Waals surface area contributed by atoms with Crippen molar-refractivity contribution in [1.29, 1.82) is 0 Å². The summed E-state index contributed by atoms with van der Waals surface area (Å²) >= 11 is 0. The van der Waals surface area contributed by atoms with E-state index in [1.165, 1.54) is 0 Å². The summed E-state index contributed by atoms with van der Waals surface area (Å²) in [6, 6.07) is 14.3. The SMILES string of the molecule is Cc1ccc(-c2nc(CNS(=O)(=O)c3ccc(C)cc3)no2)cc1. The predicted molar refractivity (Wildman–Crippen MR) is 89.7 cm³/mol. The van der Waals surface area contributed by atoms with Crippen LogP contribution in [0.3, 0.4) is 0 Å². The second-order valence-electron chi connectivity index (χ2n) is 5.52. The van der Waals surface area contributed by atoms with Gasteiger partial charge in [0.25, 0.3) is 5.89 Å². The standard InChI is InChI=1S/C17H17N3O3S/c1-12-3-7-14(8-4-12)17-19-16(20-23-17)11-18-24(21,22)15-9-5-13(2)6-10-15/h3-10,18H,11H2,1-2H3. The van der Waals surface area contributed by atoms with Crippen LogP contribution in [0, 0.1) is 13.8 Å². The molecule has 6 nitrogen and oxygen atoms in total. The molecule has 7 heteroatoms. The van der Waals surface area contributed by atoms with Crippen molar-refractivity contribution in [1.82, 2.24) is 14.9 Å². The Balaban J connectivity index is 1.71. The summed E-state index contributed by atoms with van der Waals surface area (Å²) in [6.45, 7) is 3.85. The summed E-state index contributed by atoms with van der Waals surface area (Å²) in [5, 5.41) is 3.81. The quantitative estimate of drug-likeness (QED) is 0.770. The lowest BCUT2D eigenvalue weighted by molar-refractivity contribution is 0.421. The molecule has 0 radical (unpaired) electrons. The maximum atomic E-state index is 12.2. The van der Waals surface area contributed by atoms with Gasteiger partial charge < -0.3 is 4.52 Å². The molecule has 0 bridgehead atoms. The Kier molecular flexibility index (Phi) is 4.46. The lowest BCUT2D eigenvalue weighted by Crippen LogP contribution is -2.23. The molecule has 0 atom stereocenters. The van der Waals surface area contributed by atoms with Gasteiger partial charge in [-0.25, -0.2) is 13.1 Å². The van der Waals surface area contributed by atoms with Crippen molar-refractivity contribution in [2.45, 2.75) is 25.3 Å². The molecule has 1 heterocycles. The van der Waals surface area contributed by atoms with Crippen LogP contribution in [0.5, 0.6) is 0 Å². The van der Waals surface area contributed by atoms with Crippen LogP contribution in [0.2, 0.25) is 0 Å². The average Bonchev–Trinajstić information content (AvgIpc) is 3.03. The van der Waals surface area contributed by atoms with E-state index in [1.807, 2.05) is 38.1 Å². The number of nitrogens with zero attached hydrogens (tertiary/aromatic N) is 2. The van der Waals surface area contributed by atoms with Gasteiger partial charge >= 0.3 is 0 Å². The average molecular weight is 343 g/mol. The van der Waals surface area contributed by atoms with Gasteiger partial charge in [-0.15, -0.1) is 0 Å². The summed E-state index contributed by atoms with van der Waals surface area (Å²) < 4.78 is 32.1. The smallest absolute Gasteiger partial charge is 0.257 e. The Labute approximate surface area is 140 Å². The van der Waals surface area contributed by atoms with Crippen LogP contribution in [0.25, 0.3) is 11.5 Å². The third-order valence-electron chi connectivity index (χ3n) is 3.52. The molecule has 124 valence electrons. The molecule has 0 saturated carbocycles. The second-order valence-corrected chi connectivity index (χ2v) is 7.29. The number of hydrogen-bond donors (Lipinski definition) is 1. The lowest BCUT2D eigenvalue weighted by Gasteiger charge is -2.04. The number of aromatic nitrogens is 2. The Hall–Kier alpha value is -2.51. The summed E-state index contributed by atoms with van der Waals surface area (Å²) in [7, 11) is -3.61. The minimum absolute atomic E-state index is 0.0361. The molecule has 24 heavy (non-hydrogen) atoms. The van der Waals surface area contributed by atoms with E-state index in [0.717, 1.165) is 16.7 Å². The van der Waals surface area contributed by atoms with E-state index in [0.29, 0.717) is 5.89 Å². The van der Waals surface area contributed by atoms with Gasteiger partial charge in [-0.05, 0) is 38.1 Å². The van der Waals surface area contributed by atoms with Gasteiger partial charge in [0.05, 0.1) is 11.4 Å². The molecule has 0 fully saturated rings. The first-order valence-corrected chi connectivity index (χ1v) is 8.88. The Bertz CT molecular complexity index is 930. The van der Waals surface area contributed by atoms with Gasteiger partial charge in [0, 0.05) is 5.56 Å². The van der Waals surface area contributed by atoms with E-state index in [9.17, 15) is 8.42 Å². The molecule has 0 aliphatic heterocycles. The molecular weight excluding hydrogens is 326 g/mol. The van der Waals surface area contributed by atoms with Crippen LogP contribution in [-0.2, 0) is 16.6 Å². The minimum Gasteiger partial charge on any atom is -0.334 e. The summed E-state index contributed by atoms with van der Waals surface area (Å²) in [4.78, 5) is 4.42. The van der Waals surface area contributed by atoms with Crippen LogP contribution in [-0.4, -0.2) is 18.6 Å². The van der Waals surface area contributed by atoms with Crippen molar-refractivity contribution in [3.8, 4) is 11.5 Å². The highest BCUT2D eigenvalue weighted by Crippen LogP contribution is 2.17. The molecule has 1 aromatic heterocycles. The van der Waals surface area contributed by atoms with Gasteiger partial charge in [-0.3, -0.25) is 0 Å². The zero-order valence-electron chi connectivity index (χ0n) is 13.4. The van der Waals surface area contributed by atoms with Gasteiger partial charge in [0.2, 0.25) is 10.0 Å². The molecule has 0 amide bonds. The maximum absolute atomic E-state index is 12.2. The molecule has 0 unspecified atom stereocenters. The Morgan fingerprint density at radius 2 is 1.54 bits per heavy atom. The van der Waals surface area contributed by atoms with Crippen molar-refractivity contribution >= 4 is 10.0 Å². The molecule has 0 aliphatic carbocycles. The van der Waals surface area contributed by atoms with Crippen molar-refractivity contribution in [3.05, 3.63) is 65.5 Å². The molecule has 0 spiro atoms. The highest BCUT2D eigenvalue weighted by molar-refractivity contribution is 7.89. The van der Waals surface area contributed by atoms with Crippen molar-refractivity contribution < 1.29 is 12.9 Å². The normalized spacial score (nSPS) is 11.6. The van der Waals surface area contributed by atoms with Crippen LogP contribution in [0.1, 0.15) is 17.0 Å². The largest absolute Gasteiger partial charge is 0.334 e. The van der Waals surface area contributed by atoms with Gasteiger partial charge in [-0.2, -0.15) is 4.98 Å². The zero-order chi connectivity index (χ0) is 17.2. The fourth-order valence-electron chi connectivity index (χ4n) is 2.10. The van der Waals surface area contributed by atoms with Crippen molar-refractivity contribution in [3.63, 3.8) is 0 Å². The highest BCUT2D eigenvalue weighted by atomic mass is 32.2. The van der Waals surface area contributed by atoms with Crippen LogP contribution < -0.4 is 4.72 Å². The maximum Gasteiger partial charge on any atom is 0.257 e. The van der Waals surface area contributed by atoms with Crippen molar-refractivity contribution in [2.75, 3.05) is 0 Å². The number of nitrogens with one attached hydrogen (secondary N) is 1. The minimum atomic E-state index is -3.61. The Morgan fingerprint density at radius 1 is 0.958 bits per heavy atom. The summed E-state index contributed by atoms with van der Waals surface area (Å²) in [5.41, 5.74) is 2.92. The number of benzene rings is 2. The van der Waals surface area contributed by atoms with E-state index in [4.69, 9.17) is 4.52 Å². The molecule has 3 rings (SSSR count). The van der Waals surface area contributed by atoms with Gasteiger partial charge in [0.1, 0.15) is 0 Å². The van der Waals surface area contributed by atoms with Gasteiger partial charge in [-0.1, -0.05) is 40.5 Å². The predicted octanol–water partition coefficient (Wildman–Crippen LogP) is 2.83. The summed E-state index contributed by atoms with van der Waals surface area (Å²) in [6.07, 6.45) is 0. The van der Waals surface area contributed by atoms with E-state index < -0.39 is 10.0 Å². The lowest BCUT2D eigenvalue weighted by atomic mass is 10.1. The molecule has 1 N–H and O–H groups in total. The van der Waals surface area contributed by atoms with E-state index in [-0.39, 0.29) is 17.3 Å². The first kappa shape index (κ1) is 16.4. The molecular formula is C17H17N3O3S. The fraction of sp³-hybridized carbons (Fsp3) is 0.176. The first-order valence-electron chi connectivity index (χ1n) is 7.40. The monoisotopic (exact) mass is 343 g/mol. The highest BCUT2D eigenvalue weighted by Gasteiger charge is 2.16. The third-order valence-corrected chi connectivity index (χ3v) is 4.94. The molecule has 0 aliphatic rings. The number of sulfonamides is 1. The molecule has 2 aromatic carbocycles. The van der Waals surface area contributed by atoms with E-state index in [2.05, 4.69) is 14.9 Å². The topological polar surface area (TPSA) is 85.1 Å². The van der Waals surface area contributed by atoms with Gasteiger partial charge in [0.15, 0.2) is 5.82 Å². The Morgan fingerprint density at radius 3 is 2.17 bits per heavy atom.